The zero-order chi connectivity index (χ0) is 21.4. The zero-order valence-corrected chi connectivity index (χ0v) is 18.8. The lowest BCUT2D eigenvalue weighted by Gasteiger charge is -2.29. The summed E-state index contributed by atoms with van der Waals surface area (Å²) in [6, 6.07) is 17.0. The molecule has 5 nitrogen and oxygen atoms in total. The molecule has 156 valence electrons. The van der Waals surface area contributed by atoms with Gasteiger partial charge in [-0.3, -0.25) is 14.2 Å². The average Bonchev–Trinajstić information content (AvgIpc) is 3.26. The molecule has 1 aliphatic heterocycles. The first-order valence-corrected chi connectivity index (χ1v) is 12.1. The molecule has 0 aliphatic carbocycles. The lowest BCUT2D eigenvalue weighted by molar-refractivity contribution is -0.116. The number of para-hydroxylation sites is 1. The molecular formula is C23H18ClN3O2S2. The van der Waals surface area contributed by atoms with Crippen molar-refractivity contribution in [1.29, 1.82) is 0 Å². The lowest BCUT2D eigenvalue weighted by Crippen LogP contribution is -2.36. The Morgan fingerprint density at radius 2 is 2.03 bits per heavy atom. The molecule has 31 heavy (non-hydrogen) atoms. The predicted octanol–water partition coefficient (Wildman–Crippen LogP) is 5.17. The minimum Gasteiger partial charge on any atom is -0.311 e. The number of benzene rings is 2. The molecule has 0 radical (unpaired) electrons. The van der Waals surface area contributed by atoms with Crippen LogP contribution in [0.5, 0.6) is 0 Å². The number of aromatic nitrogens is 2. The molecule has 2 aromatic heterocycles. The van der Waals surface area contributed by atoms with Gasteiger partial charge in [-0.15, -0.1) is 11.3 Å². The van der Waals surface area contributed by atoms with Crippen molar-refractivity contribution in [2.24, 2.45) is 0 Å². The van der Waals surface area contributed by atoms with Gasteiger partial charge in [0.15, 0.2) is 5.16 Å². The fourth-order valence-corrected chi connectivity index (χ4v) is 5.66. The largest absolute Gasteiger partial charge is 0.311 e. The van der Waals surface area contributed by atoms with Gasteiger partial charge >= 0.3 is 0 Å². The highest BCUT2D eigenvalue weighted by Crippen LogP contribution is 2.29. The normalized spacial score (nSPS) is 13.4. The smallest absolute Gasteiger partial charge is 0.276 e. The molecule has 1 amide bonds. The third kappa shape index (κ3) is 3.89. The molecule has 0 N–H and O–H groups in total. The molecule has 3 heterocycles. The van der Waals surface area contributed by atoms with E-state index in [0.29, 0.717) is 32.6 Å². The zero-order valence-electron chi connectivity index (χ0n) is 16.5. The van der Waals surface area contributed by atoms with Crippen LogP contribution in [0.25, 0.3) is 15.9 Å². The highest BCUT2D eigenvalue weighted by Gasteiger charge is 2.23. The van der Waals surface area contributed by atoms with Crippen LogP contribution in [0.1, 0.15) is 12.0 Å². The first-order valence-electron chi connectivity index (χ1n) is 9.89. The van der Waals surface area contributed by atoms with Crippen LogP contribution in [-0.2, 0) is 11.2 Å². The monoisotopic (exact) mass is 467 g/mol. The van der Waals surface area contributed by atoms with E-state index in [4.69, 9.17) is 11.6 Å². The van der Waals surface area contributed by atoms with Crippen LogP contribution in [0, 0.1) is 0 Å². The van der Waals surface area contributed by atoms with Gasteiger partial charge in [0.05, 0.1) is 17.0 Å². The molecule has 0 fully saturated rings. The van der Waals surface area contributed by atoms with Crippen LogP contribution < -0.4 is 10.5 Å². The number of amides is 1. The Labute approximate surface area is 192 Å². The summed E-state index contributed by atoms with van der Waals surface area (Å²) >= 11 is 8.81. The van der Waals surface area contributed by atoms with Crippen molar-refractivity contribution in [2.75, 3.05) is 17.2 Å². The van der Waals surface area contributed by atoms with Crippen molar-refractivity contribution in [2.45, 2.75) is 18.0 Å². The maximum absolute atomic E-state index is 13.2. The van der Waals surface area contributed by atoms with Gasteiger partial charge < -0.3 is 4.90 Å². The summed E-state index contributed by atoms with van der Waals surface area (Å²) in [5, 5.41) is 2.87. The molecule has 0 unspecified atom stereocenters. The number of anilines is 1. The van der Waals surface area contributed by atoms with Crippen LogP contribution >= 0.6 is 34.7 Å². The third-order valence-electron chi connectivity index (χ3n) is 5.25. The number of nitrogens with zero attached hydrogens (tertiary/aromatic N) is 3. The minimum atomic E-state index is -0.152. The molecule has 0 bridgehead atoms. The number of hydrogen-bond acceptors (Lipinski definition) is 5. The summed E-state index contributed by atoms with van der Waals surface area (Å²) in [6.07, 6.45) is 1.93. The summed E-state index contributed by atoms with van der Waals surface area (Å²) in [4.78, 5) is 32.8. The van der Waals surface area contributed by atoms with Crippen LogP contribution in [0.15, 0.2) is 69.9 Å². The predicted molar refractivity (Wildman–Crippen MR) is 128 cm³/mol. The molecule has 0 saturated carbocycles. The van der Waals surface area contributed by atoms with Crippen molar-refractivity contribution in [3.8, 4) is 5.69 Å². The molecule has 5 rings (SSSR count). The standard InChI is InChI=1S/C23H18ClN3O2S2/c24-16-7-3-8-17(13-16)27-22(29)21-18(10-12-30-21)25-23(27)31-14-20(28)26-11-4-6-15-5-1-2-9-19(15)26/h1-3,5,7-10,12-13H,4,6,11,14H2. The van der Waals surface area contributed by atoms with E-state index in [0.717, 1.165) is 18.5 Å². The van der Waals surface area contributed by atoms with E-state index in [1.165, 1.54) is 28.7 Å². The van der Waals surface area contributed by atoms with Crippen molar-refractivity contribution < 1.29 is 4.79 Å². The number of aryl methyl sites for hydroxylation is 1. The first kappa shape index (κ1) is 20.3. The topological polar surface area (TPSA) is 55.2 Å². The first-order chi connectivity index (χ1) is 15.1. The number of carbonyl (C=O) groups excluding carboxylic acids is 1. The van der Waals surface area contributed by atoms with Gasteiger partial charge in [0, 0.05) is 17.3 Å². The molecule has 4 aromatic rings. The second kappa shape index (κ2) is 8.49. The van der Waals surface area contributed by atoms with Gasteiger partial charge in [-0.05, 0) is 54.1 Å². The molecule has 2 aromatic carbocycles. The van der Waals surface area contributed by atoms with Crippen molar-refractivity contribution in [3.05, 3.63) is 80.9 Å². The Hall–Kier alpha value is -2.61. The van der Waals surface area contributed by atoms with Crippen molar-refractivity contribution >= 4 is 56.5 Å². The number of halogens is 1. The van der Waals surface area contributed by atoms with Gasteiger partial charge in [0.2, 0.25) is 5.91 Å². The molecule has 8 heteroatoms. The van der Waals surface area contributed by atoms with Gasteiger partial charge in [-0.25, -0.2) is 4.98 Å². The van der Waals surface area contributed by atoms with E-state index >= 15 is 0 Å². The molecule has 0 spiro atoms. The SMILES string of the molecule is O=C(CSc1nc2ccsc2c(=O)n1-c1cccc(Cl)c1)N1CCCc2ccccc21. The summed E-state index contributed by atoms with van der Waals surface area (Å²) in [5.74, 6) is 0.200. The van der Waals surface area contributed by atoms with E-state index in [9.17, 15) is 9.59 Å². The van der Waals surface area contributed by atoms with E-state index < -0.39 is 0 Å². The van der Waals surface area contributed by atoms with E-state index in [1.54, 1.807) is 22.8 Å². The van der Waals surface area contributed by atoms with Gasteiger partial charge in [0.1, 0.15) is 4.70 Å². The van der Waals surface area contributed by atoms with Crippen LogP contribution in [0.2, 0.25) is 5.02 Å². The molecule has 1 aliphatic rings. The van der Waals surface area contributed by atoms with Gasteiger partial charge in [0.25, 0.3) is 5.56 Å². The van der Waals surface area contributed by atoms with Gasteiger partial charge in [-0.1, -0.05) is 47.6 Å². The number of thioether (sulfide) groups is 1. The molecular weight excluding hydrogens is 450 g/mol. The highest BCUT2D eigenvalue weighted by atomic mass is 35.5. The number of carbonyl (C=O) groups is 1. The van der Waals surface area contributed by atoms with E-state index in [-0.39, 0.29) is 17.2 Å². The lowest BCUT2D eigenvalue weighted by atomic mass is 10.0. The van der Waals surface area contributed by atoms with Gasteiger partial charge in [-0.2, -0.15) is 0 Å². The van der Waals surface area contributed by atoms with E-state index in [2.05, 4.69) is 11.1 Å². The number of fused-ring (bicyclic) bond motifs is 2. The number of hydrogen-bond donors (Lipinski definition) is 0. The fraction of sp³-hybridized carbons (Fsp3) is 0.174. The maximum atomic E-state index is 13.2. The second-order valence-electron chi connectivity index (χ2n) is 7.22. The van der Waals surface area contributed by atoms with E-state index in [1.807, 2.05) is 40.6 Å². The van der Waals surface area contributed by atoms with Crippen LogP contribution in [0.4, 0.5) is 5.69 Å². The van der Waals surface area contributed by atoms with Crippen molar-refractivity contribution in [1.82, 2.24) is 9.55 Å². The summed E-state index contributed by atoms with van der Waals surface area (Å²) in [5.41, 5.74) is 3.30. The minimum absolute atomic E-state index is 0.00876. The Balaban J connectivity index is 1.49. The number of thiophene rings is 1. The van der Waals surface area contributed by atoms with Crippen LogP contribution in [-0.4, -0.2) is 27.8 Å². The Morgan fingerprint density at radius 3 is 2.90 bits per heavy atom. The fourth-order valence-electron chi connectivity index (χ4n) is 3.83. The maximum Gasteiger partial charge on any atom is 0.276 e. The number of rotatable bonds is 4. The summed E-state index contributed by atoms with van der Waals surface area (Å²) in [7, 11) is 0. The van der Waals surface area contributed by atoms with Crippen LogP contribution in [0.3, 0.4) is 0 Å². The highest BCUT2D eigenvalue weighted by molar-refractivity contribution is 7.99. The molecule has 0 saturated heterocycles. The van der Waals surface area contributed by atoms with Crippen molar-refractivity contribution in [3.63, 3.8) is 0 Å². The second-order valence-corrected chi connectivity index (χ2v) is 9.51. The Kier molecular flexibility index (Phi) is 5.56. The molecule has 0 atom stereocenters. The Morgan fingerprint density at radius 1 is 1.16 bits per heavy atom. The Bertz CT molecular complexity index is 1350. The third-order valence-corrected chi connectivity index (χ3v) is 7.30. The quantitative estimate of drug-likeness (QED) is 0.307. The average molecular weight is 468 g/mol. The summed E-state index contributed by atoms with van der Waals surface area (Å²) < 4.78 is 2.13. The summed E-state index contributed by atoms with van der Waals surface area (Å²) in [6.45, 7) is 0.703.